The van der Waals surface area contributed by atoms with Gasteiger partial charge in [-0.2, -0.15) is 0 Å². The average Bonchev–Trinajstić information content (AvgIpc) is 3.13. The van der Waals surface area contributed by atoms with Crippen molar-refractivity contribution >= 4 is 23.4 Å². The van der Waals surface area contributed by atoms with Gasteiger partial charge in [0.2, 0.25) is 5.91 Å². The van der Waals surface area contributed by atoms with E-state index in [1.807, 2.05) is 42.5 Å². The Morgan fingerprint density at radius 2 is 1.83 bits per heavy atom. The quantitative estimate of drug-likeness (QED) is 0.640. The number of aryl methyl sites for hydroxylation is 2. The molecule has 0 saturated heterocycles. The lowest BCUT2D eigenvalue weighted by Gasteiger charge is -2.34. The lowest BCUT2D eigenvalue weighted by atomic mass is 10.0. The van der Waals surface area contributed by atoms with Gasteiger partial charge in [-0.1, -0.05) is 43.0 Å². The molecule has 3 aromatic rings. The fraction of sp³-hybridized carbons (Fsp3) is 0.261. The molecular weight excluding hydrogens is 382 g/mol. The fourth-order valence-electron chi connectivity index (χ4n) is 3.48. The monoisotopic (exact) mass is 407 g/mol. The van der Waals surface area contributed by atoms with Crippen LogP contribution >= 0.6 is 11.8 Å². The Labute approximate surface area is 175 Å². The number of carbonyl (C=O) groups excluding carboxylic acids is 1. The van der Waals surface area contributed by atoms with Crippen LogP contribution in [0.2, 0.25) is 0 Å². The molecular formula is C23H25N3O2S. The number of hydrogen-bond donors (Lipinski definition) is 2. The van der Waals surface area contributed by atoms with Gasteiger partial charge in [0.1, 0.15) is 11.0 Å². The average molecular weight is 408 g/mol. The Balaban J connectivity index is 1.62. The molecule has 2 heterocycles. The van der Waals surface area contributed by atoms with Crippen LogP contribution in [0.5, 0.6) is 5.75 Å². The fourth-order valence-corrected chi connectivity index (χ4v) is 4.71. The molecule has 0 saturated carbocycles. The smallest absolute Gasteiger partial charge is 0.240 e. The maximum Gasteiger partial charge on any atom is 0.240 e. The zero-order valence-electron chi connectivity index (χ0n) is 16.8. The lowest BCUT2D eigenvalue weighted by molar-refractivity contribution is -0.116. The topological polar surface area (TPSA) is 55.3 Å². The van der Waals surface area contributed by atoms with Gasteiger partial charge in [-0.05, 0) is 60.9 Å². The number of hydrogen-bond acceptors (Lipinski definition) is 4. The number of thioether (sulfide) groups is 1. The van der Waals surface area contributed by atoms with Crippen molar-refractivity contribution in [1.82, 2.24) is 4.68 Å². The van der Waals surface area contributed by atoms with Crippen molar-refractivity contribution in [3.05, 3.63) is 77.5 Å². The van der Waals surface area contributed by atoms with E-state index in [4.69, 9.17) is 4.74 Å². The van der Waals surface area contributed by atoms with Crippen molar-refractivity contribution in [3.63, 3.8) is 0 Å². The largest absolute Gasteiger partial charge is 0.497 e. The molecule has 0 unspecified atom stereocenters. The van der Waals surface area contributed by atoms with Crippen LogP contribution in [-0.2, 0) is 11.2 Å². The van der Waals surface area contributed by atoms with Gasteiger partial charge in [0.15, 0.2) is 0 Å². The molecule has 0 radical (unpaired) electrons. The number of aromatic nitrogens is 1. The van der Waals surface area contributed by atoms with Gasteiger partial charge in [0.05, 0.1) is 18.2 Å². The minimum absolute atomic E-state index is 0.0160. The Bertz CT molecular complexity index is 996. The van der Waals surface area contributed by atoms with E-state index in [2.05, 4.69) is 47.5 Å². The summed E-state index contributed by atoms with van der Waals surface area (Å²) < 4.78 is 7.34. The van der Waals surface area contributed by atoms with E-state index in [0.29, 0.717) is 0 Å². The van der Waals surface area contributed by atoms with Gasteiger partial charge in [0.25, 0.3) is 0 Å². The third-order valence-electron chi connectivity index (χ3n) is 5.22. The summed E-state index contributed by atoms with van der Waals surface area (Å²) in [5.74, 6) is 0.782. The summed E-state index contributed by atoms with van der Waals surface area (Å²) in [5.41, 5.74) is 7.75. The minimum atomic E-state index is -0.309. The zero-order valence-corrected chi connectivity index (χ0v) is 17.6. The molecule has 2 aromatic carbocycles. The maximum atomic E-state index is 13.2. The molecule has 1 aromatic heterocycles. The van der Waals surface area contributed by atoms with Gasteiger partial charge in [0, 0.05) is 11.4 Å². The Hall–Kier alpha value is -2.86. The Kier molecular flexibility index (Phi) is 5.53. The van der Waals surface area contributed by atoms with Gasteiger partial charge >= 0.3 is 0 Å². The second-order valence-electron chi connectivity index (χ2n) is 7.11. The molecule has 1 aliphatic rings. The van der Waals surface area contributed by atoms with Crippen LogP contribution in [-0.4, -0.2) is 22.9 Å². The van der Waals surface area contributed by atoms with E-state index in [9.17, 15) is 4.79 Å². The highest BCUT2D eigenvalue weighted by atomic mass is 32.2. The summed E-state index contributed by atoms with van der Waals surface area (Å²) in [6.45, 7) is 4.17. The number of nitrogens with zero attached hydrogens (tertiary/aromatic N) is 1. The predicted octanol–water partition coefficient (Wildman–Crippen LogP) is 4.77. The molecule has 1 aliphatic heterocycles. The third-order valence-corrected chi connectivity index (χ3v) is 6.52. The summed E-state index contributed by atoms with van der Waals surface area (Å²) in [7, 11) is 1.65. The van der Waals surface area contributed by atoms with E-state index >= 15 is 0 Å². The highest BCUT2D eigenvalue weighted by Crippen LogP contribution is 2.39. The Morgan fingerprint density at radius 3 is 2.48 bits per heavy atom. The van der Waals surface area contributed by atoms with Crippen LogP contribution in [0.3, 0.4) is 0 Å². The van der Waals surface area contributed by atoms with Crippen LogP contribution in [0.15, 0.2) is 65.7 Å². The molecule has 0 bridgehead atoms. The minimum Gasteiger partial charge on any atom is -0.497 e. The number of methoxy groups -OCH3 is 1. The van der Waals surface area contributed by atoms with E-state index in [0.717, 1.165) is 34.1 Å². The number of rotatable bonds is 5. The van der Waals surface area contributed by atoms with Crippen LogP contribution < -0.4 is 15.5 Å². The van der Waals surface area contributed by atoms with Crippen LogP contribution in [0, 0.1) is 6.92 Å². The van der Waals surface area contributed by atoms with Crippen molar-refractivity contribution in [2.24, 2.45) is 0 Å². The molecule has 150 valence electrons. The van der Waals surface area contributed by atoms with E-state index < -0.39 is 0 Å². The number of ether oxygens (including phenoxy) is 1. The molecule has 5 nitrogen and oxygen atoms in total. The standard InChI is InChI=1S/C23H25N3O2S/c1-4-16-6-10-18(11-7-16)24-23(27)22-21(17-8-12-19(28-3)13-9-17)25-26-15(2)5-14-20(26)29-22/h5-14,21-22,25H,4H2,1-3H3,(H,24,27)/t21-,22-/m1/s1. The summed E-state index contributed by atoms with van der Waals surface area (Å²) in [5, 5.41) is 3.82. The number of carbonyl (C=O) groups is 1. The van der Waals surface area contributed by atoms with Crippen LogP contribution in [0.1, 0.15) is 29.8 Å². The van der Waals surface area contributed by atoms with Crippen LogP contribution in [0.25, 0.3) is 0 Å². The summed E-state index contributed by atoms with van der Waals surface area (Å²) in [6.07, 6.45) is 0.979. The lowest BCUT2D eigenvalue weighted by Crippen LogP contribution is -2.41. The van der Waals surface area contributed by atoms with Crippen molar-refractivity contribution in [2.45, 2.75) is 36.6 Å². The summed E-state index contributed by atoms with van der Waals surface area (Å²) >= 11 is 1.58. The summed E-state index contributed by atoms with van der Waals surface area (Å²) in [6, 6.07) is 19.9. The molecule has 6 heteroatoms. The molecule has 4 rings (SSSR count). The van der Waals surface area contributed by atoms with Crippen molar-refractivity contribution < 1.29 is 9.53 Å². The molecule has 0 aliphatic carbocycles. The number of fused-ring (bicyclic) bond motifs is 1. The Morgan fingerprint density at radius 1 is 1.10 bits per heavy atom. The third kappa shape index (κ3) is 3.98. The SMILES string of the molecule is CCc1ccc(NC(=O)[C@@H]2Sc3ccc(C)n3N[C@@H]2c2ccc(OC)cc2)cc1. The van der Waals surface area contributed by atoms with Gasteiger partial charge in [-0.15, -0.1) is 0 Å². The second-order valence-corrected chi connectivity index (χ2v) is 8.27. The van der Waals surface area contributed by atoms with Crippen LogP contribution in [0.4, 0.5) is 5.69 Å². The maximum absolute atomic E-state index is 13.2. The summed E-state index contributed by atoms with van der Waals surface area (Å²) in [4.78, 5) is 13.2. The van der Waals surface area contributed by atoms with Gasteiger partial charge in [-0.3, -0.25) is 9.47 Å². The predicted molar refractivity (Wildman–Crippen MR) is 118 cm³/mol. The molecule has 2 atom stereocenters. The number of amides is 1. The number of nitrogens with one attached hydrogen (secondary N) is 2. The van der Waals surface area contributed by atoms with Crippen molar-refractivity contribution in [2.75, 3.05) is 17.9 Å². The van der Waals surface area contributed by atoms with E-state index in [-0.39, 0.29) is 17.2 Å². The van der Waals surface area contributed by atoms with Gasteiger partial charge < -0.3 is 15.5 Å². The normalized spacial score (nSPS) is 17.9. The zero-order chi connectivity index (χ0) is 20.4. The molecule has 29 heavy (non-hydrogen) atoms. The first kappa shape index (κ1) is 19.5. The number of benzene rings is 2. The molecule has 1 amide bonds. The second kappa shape index (κ2) is 8.25. The van der Waals surface area contributed by atoms with Crippen molar-refractivity contribution in [1.29, 1.82) is 0 Å². The molecule has 0 spiro atoms. The molecule has 2 N–H and O–H groups in total. The first-order chi connectivity index (χ1) is 14.1. The van der Waals surface area contributed by atoms with E-state index in [1.165, 1.54) is 5.56 Å². The van der Waals surface area contributed by atoms with Gasteiger partial charge in [-0.25, -0.2) is 0 Å². The first-order valence-corrected chi connectivity index (χ1v) is 10.6. The van der Waals surface area contributed by atoms with Crippen molar-refractivity contribution in [3.8, 4) is 5.75 Å². The first-order valence-electron chi connectivity index (χ1n) is 9.74. The highest BCUT2D eigenvalue weighted by molar-refractivity contribution is 8.00. The van der Waals surface area contributed by atoms with E-state index in [1.54, 1.807) is 18.9 Å². The molecule has 0 fully saturated rings. The highest BCUT2D eigenvalue weighted by Gasteiger charge is 2.36. The number of anilines is 1.